The molecule has 0 aliphatic heterocycles. The number of aromatic nitrogens is 4. The van der Waals surface area contributed by atoms with E-state index in [1.165, 1.54) is 18.4 Å². The molecule has 0 aliphatic rings. The lowest BCUT2D eigenvalue weighted by molar-refractivity contribution is 0.508. The van der Waals surface area contributed by atoms with Gasteiger partial charge in [-0.15, -0.1) is 10.2 Å². The number of rotatable bonds is 7. The summed E-state index contributed by atoms with van der Waals surface area (Å²) in [5.41, 5.74) is 1.35. The summed E-state index contributed by atoms with van der Waals surface area (Å²) in [6.45, 7) is 6.14. The number of aryl methyl sites for hydroxylation is 1. The average molecular weight is 261 g/mol. The van der Waals surface area contributed by atoms with E-state index in [4.69, 9.17) is 0 Å². The van der Waals surface area contributed by atoms with Crippen molar-refractivity contribution in [3.63, 3.8) is 0 Å². The highest BCUT2D eigenvalue weighted by atomic mass is 15.3. The maximum absolute atomic E-state index is 4.11. The Kier molecular flexibility index (Phi) is 4.74. The van der Waals surface area contributed by atoms with E-state index in [0.29, 0.717) is 6.04 Å². The minimum Gasteiger partial charge on any atom is -0.346 e. The molecule has 1 N–H and O–H groups in total. The van der Waals surface area contributed by atoms with Gasteiger partial charge in [-0.3, -0.25) is 0 Å². The number of hydrogen-bond donors (Lipinski definition) is 1. The molecule has 1 unspecified atom stereocenters. The number of nitrogens with one attached hydrogen (secondary N) is 1. The standard InChI is InChI=1S/C14H23N5/c1-4-6-13(15-5-2)12-7-8-19(9-12)10-14-17-16-11-18(14)3/h7-9,11,13,15H,4-6,10H2,1-3H3. The van der Waals surface area contributed by atoms with Gasteiger partial charge in [0.1, 0.15) is 6.33 Å². The van der Waals surface area contributed by atoms with Gasteiger partial charge in [-0.2, -0.15) is 0 Å². The molecule has 5 heteroatoms. The van der Waals surface area contributed by atoms with Gasteiger partial charge in [-0.05, 0) is 24.6 Å². The molecule has 0 saturated carbocycles. The zero-order chi connectivity index (χ0) is 13.7. The van der Waals surface area contributed by atoms with Crippen molar-refractivity contribution in [1.29, 1.82) is 0 Å². The van der Waals surface area contributed by atoms with Crippen LogP contribution in [-0.4, -0.2) is 25.9 Å². The van der Waals surface area contributed by atoms with Crippen LogP contribution in [0.25, 0.3) is 0 Å². The fraction of sp³-hybridized carbons (Fsp3) is 0.571. The summed E-state index contributed by atoms with van der Waals surface area (Å²) in [5.74, 6) is 0.970. The lowest BCUT2D eigenvalue weighted by Gasteiger charge is -2.15. The first kappa shape index (κ1) is 13.8. The Morgan fingerprint density at radius 2 is 2.21 bits per heavy atom. The predicted octanol–water partition coefficient (Wildman–Crippen LogP) is 2.12. The van der Waals surface area contributed by atoms with Gasteiger partial charge in [0.15, 0.2) is 5.82 Å². The van der Waals surface area contributed by atoms with Gasteiger partial charge in [-0.1, -0.05) is 20.3 Å². The molecular weight excluding hydrogens is 238 g/mol. The molecule has 0 aliphatic carbocycles. The first-order valence-corrected chi connectivity index (χ1v) is 6.96. The molecule has 0 bridgehead atoms. The molecule has 0 fully saturated rings. The van der Waals surface area contributed by atoms with Crippen LogP contribution >= 0.6 is 0 Å². The van der Waals surface area contributed by atoms with Crippen molar-refractivity contribution in [3.05, 3.63) is 36.2 Å². The third-order valence-corrected chi connectivity index (χ3v) is 3.33. The van der Waals surface area contributed by atoms with Gasteiger partial charge in [-0.25, -0.2) is 0 Å². The van der Waals surface area contributed by atoms with Crippen molar-refractivity contribution in [1.82, 2.24) is 24.6 Å². The van der Waals surface area contributed by atoms with Crippen molar-refractivity contribution in [3.8, 4) is 0 Å². The summed E-state index contributed by atoms with van der Waals surface area (Å²) >= 11 is 0. The van der Waals surface area contributed by atoms with Gasteiger partial charge in [0.05, 0.1) is 6.54 Å². The molecular formula is C14H23N5. The second kappa shape index (κ2) is 6.52. The van der Waals surface area contributed by atoms with E-state index in [1.54, 1.807) is 6.33 Å². The summed E-state index contributed by atoms with van der Waals surface area (Å²) in [5, 5.41) is 11.6. The monoisotopic (exact) mass is 261 g/mol. The lowest BCUT2D eigenvalue weighted by Crippen LogP contribution is -2.20. The predicted molar refractivity (Wildman–Crippen MR) is 75.9 cm³/mol. The number of hydrogen-bond acceptors (Lipinski definition) is 3. The Balaban J connectivity index is 2.07. The van der Waals surface area contributed by atoms with E-state index < -0.39 is 0 Å². The molecule has 2 aromatic rings. The van der Waals surface area contributed by atoms with E-state index in [0.717, 1.165) is 18.9 Å². The SMILES string of the molecule is CCCC(NCC)c1ccn(Cc2nncn2C)c1. The quantitative estimate of drug-likeness (QED) is 0.830. The fourth-order valence-corrected chi connectivity index (χ4v) is 2.30. The Morgan fingerprint density at radius 1 is 1.37 bits per heavy atom. The minimum atomic E-state index is 0.454. The van der Waals surface area contributed by atoms with Crippen LogP contribution in [0, 0.1) is 0 Å². The Bertz CT molecular complexity index is 493. The lowest BCUT2D eigenvalue weighted by atomic mass is 10.1. The van der Waals surface area contributed by atoms with Gasteiger partial charge in [0.25, 0.3) is 0 Å². The van der Waals surface area contributed by atoms with E-state index in [2.05, 4.69) is 52.4 Å². The molecule has 0 radical (unpaired) electrons. The molecule has 2 heterocycles. The summed E-state index contributed by atoms with van der Waals surface area (Å²) in [6, 6.07) is 2.65. The zero-order valence-electron chi connectivity index (χ0n) is 12.0. The Hall–Kier alpha value is -1.62. The van der Waals surface area contributed by atoms with Crippen LogP contribution in [0.5, 0.6) is 0 Å². The average Bonchev–Trinajstić information content (AvgIpc) is 3.00. The Morgan fingerprint density at radius 3 is 2.84 bits per heavy atom. The van der Waals surface area contributed by atoms with Crippen molar-refractivity contribution < 1.29 is 0 Å². The van der Waals surface area contributed by atoms with Gasteiger partial charge in [0, 0.05) is 25.5 Å². The first-order chi connectivity index (χ1) is 9.24. The first-order valence-electron chi connectivity index (χ1n) is 6.96. The second-order valence-electron chi connectivity index (χ2n) is 4.87. The van der Waals surface area contributed by atoms with Gasteiger partial charge in [0.2, 0.25) is 0 Å². The summed E-state index contributed by atoms with van der Waals surface area (Å²) < 4.78 is 4.12. The summed E-state index contributed by atoms with van der Waals surface area (Å²) in [7, 11) is 1.97. The maximum atomic E-state index is 4.11. The summed E-state index contributed by atoms with van der Waals surface area (Å²) in [4.78, 5) is 0. The smallest absolute Gasteiger partial charge is 0.152 e. The van der Waals surface area contributed by atoms with Crippen LogP contribution < -0.4 is 5.32 Å². The van der Waals surface area contributed by atoms with Crippen LogP contribution in [-0.2, 0) is 13.6 Å². The normalized spacial score (nSPS) is 12.8. The highest BCUT2D eigenvalue weighted by Crippen LogP contribution is 2.19. The third-order valence-electron chi connectivity index (χ3n) is 3.33. The van der Waals surface area contributed by atoms with Crippen molar-refractivity contribution in [2.24, 2.45) is 7.05 Å². The zero-order valence-corrected chi connectivity index (χ0v) is 12.0. The highest BCUT2D eigenvalue weighted by molar-refractivity contribution is 5.16. The fourth-order valence-electron chi connectivity index (χ4n) is 2.30. The Labute approximate surface area is 114 Å². The molecule has 2 aromatic heterocycles. The van der Waals surface area contributed by atoms with Crippen LogP contribution in [0.4, 0.5) is 0 Å². The van der Waals surface area contributed by atoms with Crippen LogP contribution in [0.2, 0.25) is 0 Å². The second-order valence-corrected chi connectivity index (χ2v) is 4.87. The van der Waals surface area contributed by atoms with Crippen molar-refractivity contribution in [2.45, 2.75) is 39.3 Å². The topological polar surface area (TPSA) is 47.7 Å². The molecule has 0 aromatic carbocycles. The van der Waals surface area contributed by atoms with Crippen molar-refractivity contribution in [2.75, 3.05) is 6.54 Å². The van der Waals surface area contributed by atoms with E-state index in [-0.39, 0.29) is 0 Å². The van der Waals surface area contributed by atoms with E-state index in [1.807, 2.05) is 11.6 Å². The molecule has 19 heavy (non-hydrogen) atoms. The third kappa shape index (κ3) is 3.44. The van der Waals surface area contributed by atoms with Gasteiger partial charge >= 0.3 is 0 Å². The minimum absolute atomic E-state index is 0.454. The molecule has 0 spiro atoms. The highest BCUT2D eigenvalue weighted by Gasteiger charge is 2.11. The molecule has 1 atom stereocenters. The van der Waals surface area contributed by atoms with Gasteiger partial charge < -0.3 is 14.5 Å². The van der Waals surface area contributed by atoms with Crippen LogP contribution in [0.15, 0.2) is 24.8 Å². The van der Waals surface area contributed by atoms with Crippen LogP contribution in [0.3, 0.4) is 0 Å². The maximum Gasteiger partial charge on any atom is 0.152 e. The molecule has 5 nitrogen and oxygen atoms in total. The largest absolute Gasteiger partial charge is 0.346 e. The van der Waals surface area contributed by atoms with E-state index in [9.17, 15) is 0 Å². The summed E-state index contributed by atoms with van der Waals surface area (Å²) in [6.07, 6.45) is 8.41. The molecule has 2 rings (SSSR count). The molecule has 0 amide bonds. The molecule has 104 valence electrons. The van der Waals surface area contributed by atoms with E-state index >= 15 is 0 Å². The van der Waals surface area contributed by atoms with Crippen molar-refractivity contribution >= 4 is 0 Å². The van der Waals surface area contributed by atoms with Crippen LogP contribution in [0.1, 0.15) is 44.1 Å². The number of nitrogens with zero attached hydrogens (tertiary/aromatic N) is 4. The molecule has 0 saturated heterocycles.